The topological polar surface area (TPSA) is 94.2 Å². The fraction of sp³-hybridized carbons (Fsp3) is 0.609. The molecule has 0 aliphatic carbocycles. The second kappa shape index (κ2) is 13.8. The first-order valence-electron chi connectivity index (χ1n) is 11.4. The Morgan fingerprint density at radius 3 is 2.22 bits per heavy atom. The number of carbonyl (C=O) groups excluding carboxylic acids is 3. The molecule has 1 saturated heterocycles. The lowest BCUT2D eigenvalue weighted by Gasteiger charge is -2.33. The number of nitrogens with zero attached hydrogens (tertiary/aromatic N) is 3. The molecule has 9 heteroatoms. The van der Waals surface area contributed by atoms with Gasteiger partial charge < -0.3 is 20.3 Å². The average Bonchev–Trinajstić information content (AvgIpc) is 2.79. The summed E-state index contributed by atoms with van der Waals surface area (Å²) in [6, 6.07) is 7.07. The fourth-order valence-electron chi connectivity index (χ4n) is 3.64. The lowest BCUT2D eigenvalue weighted by molar-refractivity contribution is -0.123. The first kappa shape index (κ1) is 25.8. The Hall–Kier alpha value is -2.49. The van der Waals surface area contributed by atoms with Crippen molar-refractivity contribution in [3.8, 4) is 0 Å². The van der Waals surface area contributed by atoms with Crippen molar-refractivity contribution in [2.75, 3.05) is 77.9 Å². The van der Waals surface area contributed by atoms with Gasteiger partial charge in [0.05, 0.1) is 13.1 Å². The highest BCUT2D eigenvalue weighted by Crippen LogP contribution is 2.13. The van der Waals surface area contributed by atoms with Gasteiger partial charge in [0.2, 0.25) is 11.8 Å². The molecule has 3 amide bonds. The Labute approximate surface area is 191 Å². The Kier molecular flexibility index (Phi) is 11.1. The molecule has 1 heterocycles. The lowest BCUT2D eigenvalue weighted by atomic mass is 10.1. The molecule has 1 aliphatic heterocycles. The van der Waals surface area contributed by atoms with Crippen molar-refractivity contribution >= 4 is 23.4 Å². The molecule has 0 spiro atoms. The maximum Gasteiger partial charge on any atom is 0.253 e. The van der Waals surface area contributed by atoms with Crippen LogP contribution in [0.5, 0.6) is 0 Å². The second-order valence-corrected chi connectivity index (χ2v) is 7.86. The molecule has 2 N–H and O–H groups in total. The summed E-state index contributed by atoms with van der Waals surface area (Å²) in [5, 5.41) is 5.79. The van der Waals surface area contributed by atoms with Crippen molar-refractivity contribution < 1.29 is 19.1 Å². The third kappa shape index (κ3) is 8.57. The quantitative estimate of drug-likeness (QED) is 0.462. The molecule has 9 nitrogen and oxygen atoms in total. The van der Waals surface area contributed by atoms with E-state index < -0.39 is 0 Å². The Balaban J connectivity index is 1.74. The highest BCUT2D eigenvalue weighted by Gasteiger charge is 2.21. The van der Waals surface area contributed by atoms with E-state index in [2.05, 4.69) is 20.4 Å². The van der Waals surface area contributed by atoms with Crippen LogP contribution in [0.1, 0.15) is 30.6 Å². The Bertz CT molecular complexity index is 746. The molecular formula is C23H37N5O4. The summed E-state index contributed by atoms with van der Waals surface area (Å²) in [5.41, 5.74) is 1.19. The molecule has 178 valence electrons. The summed E-state index contributed by atoms with van der Waals surface area (Å²) >= 11 is 0. The minimum absolute atomic E-state index is 0.0198. The predicted molar refractivity (Wildman–Crippen MR) is 125 cm³/mol. The molecule has 1 aliphatic rings. The molecule has 0 saturated carbocycles. The molecular weight excluding hydrogens is 410 g/mol. The van der Waals surface area contributed by atoms with Crippen LogP contribution in [0.3, 0.4) is 0 Å². The van der Waals surface area contributed by atoms with E-state index in [-0.39, 0.29) is 24.3 Å². The van der Waals surface area contributed by atoms with Gasteiger partial charge in [0.25, 0.3) is 5.91 Å². The third-order valence-electron chi connectivity index (χ3n) is 5.49. The molecule has 0 bridgehead atoms. The van der Waals surface area contributed by atoms with Crippen molar-refractivity contribution in [3.05, 3.63) is 29.8 Å². The summed E-state index contributed by atoms with van der Waals surface area (Å²) in [6.45, 7) is 10.0. The summed E-state index contributed by atoms with van der Waals surface area (Å²) < 4.78 is 4.97. The van der Waals surface area contributed by atoms with Crippen molar-refractivity contribution in [2.24, 2.45) is 0 Å². The lowest BCUT2D eigenvalue weighted by Crippen LogP contribution is -2.51. The van der Waals surface area contributed by atoms with Gasteiger partial charge in [-0.3, -0.25) is 24.2 Å². The van der Waals surface area contributed by atoms with Crippen LogP contribution in [-0.2, 0) is 14.3 Å². The average molecular weight is 448 g/mol. The van der Waals surface area contributed by atoms with E-state index in [1.807, 2.05) is 13.8 Å². The predicted octanol–water partition coefficient (Wildman–Crippen LogP) is 0.877. The van der Waals surface area contributed by atoms with Gasteiger partial charge in [-0.1, -0.05) is 6.07 Å². The highest BCUT2D eigenvalue weighted by atomic mass is 16.5. The van der Waals surface area contributed by atoms with Gasteiger partial charge in [-0.2, -0.15) is 0 Å². The minimum Gasteiger partial charge on any atom is -0.385 e. The van der Waals surface area contributed by atoms with Gasteiger partial charge >= 0.3 is 0 Å². The van der Waals surface area contributed by atoms with Gasteiger partial charge in [-0.25, -0.2) is 0 Å². The SMILES string of the molecule is CCN(CC)C(=O)c1cccc(NC(=O)CN2CCN(CC(=O)NCCCOC)CC2)c1. The number of hydrogen-bond donors (Lipinski definition) is 2. The first-order valence-corrected chi connectivity index (χ1v) is 11.4. The van der Waals surface area contributed by atoms with Crippen LogP contribution in [0.15, 0.2) is 24.3 Å². The molecule has 0 aromatic heterocycles. The van der Waals surface area contributed by atoms with Crippen LogP contribution in [0.4, 0.5) is 5.69 Å². The van der Waals surface area contributed by atoms with Crippen molar-refractivity contribution in [1.82, 2.24) is 20.0 Å². The molecule has 1 aromatic carbocycles. The van der Waals surface area contributed by atoms with E-state index in [1.54, 1.807) is 36.3 Å². The number of piperazine rings is 1. The number of methoxy groups -OCH3 is 1. The zero-order valence-corrected chi connectivity index (χ0v) is 19.6. The van der Waals surface area contributed by atoms with Crippen LogP contribution in [-0.4, -0.2) is 105 Å². The van der Waals surface area contributed by atoms with Crippen molar-refractivity contribution in [2.45, 2.75) is 20.3 Å². The number of nitrogens with one attached hydrogen (secondary N) is 2. The number of amides is 3. The number of anilines is 1. The van der Waals surface area contributed by atoms with Gasteiger partial charge in [0, 0.05) is 70.8 Å². The Morgan fingerprint density at radius 1 is 1.00 bits per heavy atom. The van der Waals surface area contributed by atoms with Crippen molar-refractivity contribution in [1.29, 1.82) is 0 Å². The fourth-order valence-corrected chi connectivity index (χ4v) is 3.64. The van der Waals surface area contributed by atoms with Gasteiger partial charge in [-0.15, -0.1) is 0 Å². The van der Waals surface area contributed by atoms with Crippen LogP contribution >= 0.6 is 0 Å². The van der Waals surface area contributed by atoms with Crippen LogP contribution < -0.4 is 10.6 Å². The van der Waals surface area contributed by atoms with Crippen molar-refractivity contribution in [3.63, 3.8) is 0 Å². The van der Waals surface area contributed by atoms with Gasteiger partial charge in [-0.05, 0) is 38.5 Å². The molecule has 2 rings (SSSR count). The van der Waals surface area contributed by atoms with E-state index in [0.29, 0.717) is 44.0 Å². The summed E-state index contributed by atoms with van der Waals surface area (Å²) in [7, 11) is 1.65. The number of carbonyl (C=O) groups is 3. The number of ether oxygens (including phenoxy) is 1. The second-order valence-electron chi connectivity index (χ2n) is 7.86. The van der Waals surface area contributed by atoms with Gasteiger partial charge in [0.15, 0.2) is 0 Å². The van der Waals surface area contributed by atoms with E-state index in [4.69, 9.17) is 4.74 Å². The molecule has 32 heavy (non-hydrogen) atoms. The molecule has 1 fully saturated rings. The first-order chi connectivity index (χ1) is 15.5. The zero-order chi connectivity index (χ0) is 23.3. The number of hydrogen-bond acceptors (Lipinski definition) is 6. The standard InChI is InChI=1S/C23H37N5O4/c1-4-28(5-2)23(31)19-8-6-9-20(16-19)25-22(30)18-27-13-11-26(12-14-27)17-21(29)24-10-7-15-32-3/h6,8-9,16H,4-5,7,10-15,17-18H2,1-3H3,(H,24,29)(H,25,30). The Morgan fingerprint density at radius 2 is 1.62 bits per heavy atom. The largest absolute Gasteiger partial charge is 0.385 e. The van der Waals surface area contributed by atoms with Crippen LogP contribution in [0, 0.1) is 0 Å². The number of benzene rings is 1. The normalized spacial score (nSPS) is 14.7. The van der Waals surface area contributed by atoms with E-state index in [0.717, 1.165) is 32.6 Å². The van der Waals surface area contributed by atoms with E-state index >= 15 is 0 Å². The summed E-state index contributed by atoms with van der Waals surface area (Å²) in [6.07, 6.45) is 0.803. The third-order valence-corrected chi connectivity index (χ3v) is 5.49. The minimum atomic E-state index is -0.109. The van der Waals surface area contributed by atoms with E-state index in [9.17, 15) is 14.4 Å². The molecule has 0 radical (unpaired) electrons. The van der Waals surface area contributed by atoms with E-state index in [1.165, 1.54) is 0 Å². The highest BCUT2D eigenvalue weighted by molar-refractivity contribution is 5.97. The number of rotatable bonds is 12. The maximum atomic E-state index is 12.5. The van der Waals surface area contributed by atoms with Crippen LogP contribution in [0.2, 0.25) is 0 Å². The molecule has 0 unspecified atom stereocenters. The monoisotopic (exact) mass is 447 g/mol. The summed E-state index contributed by atoms with van der Waals surface area (Å²) in [4.78, 5) is 42.9. The maximum absolute atomic E-state index is 12.5. The van der Waals surface area contributed by atoms with Crippen LogP contribution in [0.25, 0.3) is 0 Å². The molecule has 1 aromatic rings. The zero-order valence-electron chi connectivity index (χ0n) is 19.6. The summed E-state index contributed by atoms with van der Waals surface area (Å²) in [5.74, 6) is -0.127. The smallest absolute Gasteiger partial charge is 0.253 e. The van der Waals surface area contributed by atoms with Gasteiger partial charge in [0.1, 0.15) is 0 Å². The molecule has 0 atom stereocenters.